The molecule has 11 rings (SSSR count). The van der Waals surface area contributed by atoms with E-state index in [0.717, 1.165) is 23.3 Å². The summed E-state index contributed by atoms with van der Waals surface area (Å²) in [4.78, 5) is 2.62. The van der Waals surface area contributed by atoms with Crippen LogP contribution in [0.1, 0.15) is 94.9 Å². The first-order valence-corrected chi connectivity index (χ1v) is 18.6. The second-order valence-electron chi connectivity index (χ2n) is 17.3. The second-order valence-corrected chi connectivity index (χ2v) is 17.3. The zero-order chi connectivity index (χ0) is 32.4. The Labute approximate surface area is 286 Å². The molecule has 2 nitrogen and oxygen atoms in total. The van der Waals surface area contributed by atoms with Crippen LogP contribution in [-0.4, -0.2) is 0 Å². The summed E-state index contributed by atoms with van der Waals surface area (Å²) in [6.07, 6.45) is 9.25. The molecule has 0 saturated heterocycles. The van der Waals surface area contributed by atoms with Crippen molar-refractivity contribution in [3.8, 4) is 11.5 Å². The van der Waals surface area contributed by atoms with Crippen LogP contribution in [0.3, 0.4) is 0 Å². The Hall–Kier alpha value is -4.04. The molecular weight excluding hydrogens is 583 g/mol. The largest absolute Gasteiger partial charge is 0.457 e. The van der Waals surface area contributed by atoms with Crippen LogP contribution in [0.25, 0.3) is 10.8 Å². The summed E-state index contributed by atoms with van der Waals surface area (Å²) in [5.41, 5.74) is 9.87. The maximum absolute atomic E-state index is 6.86. The highest BCUT2D eigenvalue weighted by molar-refractivity contribution is 5.99. The van der Waals surface area contributed by atoms with Crippen LogP contribution in [0.2, 0.25) is 0 Å². The number of para-hydroxylation sites is 1. The van der Waals surface area contributed by atoms with E-state index in [-0.39, 0.29) is 16.2 Å². The van der Waals surface area contributed by atoms with Gasteiger partial charge in [0.1, 0.15) is 11.5 Å². The van der Waals surface area contributed by atoms with Crippen LogP contribution in [0.15, 0.2) is 103 Å². The van der Waals surface area contributed by atoms with Crippen molar-refractivity contribution in [1.82, 2.24) is 0 Å². The van der Waals surface area contributed by atoms with Crippen LogP contribution >= 0.6 is 0 Å². The molecule has 0 radical (unpaired) electrons. The number of hydrogen-bond donors (Lipinski definition) is 0. The van der Waals surface area contributed by atoms with Crippen molar-refractivity contribution < 1.29 is 4.74 Å². The zero-order valence-electron chi connectivity index (χ0n) is 28.9. The molecule has 1 aliphatic heterocycles. The molecule has 1 heterocycles. The van der Waals surface area contributed by atoms with Gasteiger partial charge in [0, 0.05) is 27.6 Å². The molecule has 5 aliphatic carbocycles. The summed E-state index contributed by atoms with van der Waals surface area (Å²) >= 11 is 0. The molecule has 6 aliphatic rings. The molecule has 0 atom stereocenters. The Bertz CT molecular complexity index is 2070. The van der Waals surface area contributed by atoms with Crippen molar-refractivity contribution in [3.63, 3.8) is 0 Å². The molecule has 0 aromatic heterocycles. The van der Waals surface area contributed by atoms with E-state index in [1.165, 1.54) is 95.0 Å². The smallest absolute Gasteiger partial charge is 0.131 e. The number of fused-ring (bicyclic) bond motifs is 4. The van der Waals surface area contributed by atoms with Gasteiger partial charge in [0.15, 0.2) is 0 Å². The van der Waals surface area contributed by atoms with E-state index in [9.17, 15) is 0 Å². The van der Waals surface area contributed by atoms with E-state index in [4.69, 9.17) is 4.74 Å². The third kappa shape index (κ3) is 3.92. The number of nitrogens with zero attached hydrogens (tertiary/aromatic N) is 1. The first-order valence-electron chi connectivity index (χ1n) is 18.6. The molecule has 48 heavy (non-hydrogen) atoms. The molecule has 4 saturated carbocycles. The van der Waals surface area contributed by atoms with Crippen LogP contribution < -0.4 is 9.64 Å². The van der Waals surface area contributed by atoms with Crippen LogP contribution in [0.5, 0.6) is 11.5 Å². The molecule has 242 valence electrons. The first-order chi connectivity index (χ1) is 23.2. The van der Waals surface area contributed by atoms with Gasteiger partial charge in [-0.05, 0) is 132 Å². The first kappa shape index (κ1) is 28.9. The molecular formula is C46H47NO. The fourth-order valence-electron chi connectivity index (χ4n) is 11.7. The fraction of sp³-hybridized carbons (Fsp3) is 0.391. The summed E-state index contributed by atoms with van der Waals surface area (Å²) in [5.74, 6) is 5.28. The number of ether oxygens (including phenoxy) is 1. The van der Waals surface area contributed by atoms with Gasteiger partial charge in [-0.2, -0.15) is 0 Å². The maximum Gasteiger partial charge on any atom is 0.131 e. The summed E-state index contributed by atoms with van der Waals surface area (Å²) in [6, 6.07) is 39.2. The highest BCUT2D eigenvalue weighted by atomic mass is 16.5. The average Bonchev–Trinajstić information content (AvgIpc) is 3.08. The number of anilines is 3. The molecule has 4 fully saturated rings. The number of benzene rings is 5. The number of hydrogen-bond acceptors (Lipinski definition) is 2. The molecule has 2 heteroatoms. The SMILES string of the molecule is CC1(C)CCC(C)(C)c2c(N(c3ccc4c(c3)C3(c5ccccc5O4)C4CC5CC(C4)CC3C5)c3cccc4ccccc34)cccc21. The van der Waals surface area contributed by atoms with Crippen molar-refractivity contribution in [3.05, 3.63) is 125 Å². The van der Waals surface area contributed by atoms with Gasteiger partial charge < -0.3 is 9.64 Å². The maximum atomic E-state index is 6.86. The van der Waals surface area contributed by atoms with E-state index in [0.29, 0.717) is 11.8 Å². The quantitative estimate of drug-likeness (QED) is 0.197. The molecule has 5 aromatic rings. The van der Waals surface area contributed by atoms with Crippen molar-refractivity contribution in [2.45, 2.75) is 88.9 Å². The van der Waals surface area contributed by atoms with Crippen LogP contribution in [-0.2, 0) is 16.2 Å². The highest BCUT2D eigenvalue weighted by Crippen LogP contribution is 2.69. The van der Waals surface area contributed by atoms with Crippen molar-refractivity contribution in [2.75, 3.05) is 4.90 Å². The molecule has 0 N–H and O–H groups in total. The summed E-state index contributed by atoms with van der Waals surface area (Å²) < 4.78 is 6.86. The molecule has 0 unspecified atom stereocenters. The van der Waals surface area contributed by atoms with Gasteiger partial charge in [0.2, 0.25) is 0 Å². The minimum atomic E-state index is 0.00934. The normalized spacial score (nSPS) is 28.4. The van der Waals surface area contributed by atoms with E-state index in [2.05, 4.69) is 136 Å². The topological polar surface area (TPSA) is 12.5 Å². The zero-order valence-corrected chi connectivity index (χ0v) is 28.9. The lowest BCUT2D eigenvalue weighted by Gasteiger charge is -2.63. The molecule has 1 spiro atoms. The summed E-state index contributed by atoms with van der Waals surface area (Å²) in [6.45, 7) is 9.81. The number of rotatable bonds is 3. The van der Waals surface area contributed by atoms with E-state index in [1.807, 2.05) is 0 Å². The Kier molecular flexibility index (Phi) is 6.03. The van der Waals surface area contributed by atoms with Gasteiger partial charge in [-0.1, -0.05) is 94.4 Å². The average molecular weight is 630 g/mol. The van der Waals surface area contributed by atoms with Gasteiger partial charge in [-0.15, -0.1) is 0 Å². The Morgan fingerprint density at radius 1 is 0.562 bits per heavy atom. The third-order valence-electron chi connectivity index (χ3n) is 13.7. The minimum Gasteiger partial charge on any atom is -0.457 e. The molecule has 5 aromatic carbocycles. The van der Waals surface area contributed by atoms with Crippen molar-refractivity contribution in [1.29, 1.82) is 0 Å². The molecule has 4 bridgehead atoms. The Morgan fingerprint density at radius 3 is 2.00 bits per heavy atom. The highest BCUT2D eigenvalue weighted by Gasteiger charge is 2.61. The Morgan fingerprint density at radius 2 is 1.19 bits per heavy atom. The van der Waals surface area contributed by atoms with E-state index >= 15 is 0 Å². The van der Waals surface area contributed by atoms with Gasteiger partial charge >= 0.3 is 0 Å². The monoisotopic (exact) mass is 629 g/mol. The van der Waals surface area contributed by atoms with Gasteiger partial charge in [-0.25, -0.2) is 0 Å². The lowest BCUT2D eigenvalue weighted by atomic mass is 9.42. The molecule has 0 amide bonds. The van der Waals surface area contributed by atoms with Crippen molar-refractivity contribution in [2.24, 2.45) is 23.7 Å². The predicted molar refractivity (Wildman–Crippen MR) is 198 cm³/mol. The lowest BCUT2D eigenvalue weighted by Crippen LogP contribution is -2.57. The standard InChI is InChI=1S/C46H47NO/c1-44(2)21-22-45(3,4)43-37(44)15-10-17-40(43)47(39-16-9-12-31-11-5-6-13-35(31)39)34-19-20-42-38(28-34)46(36-14-7-8-18-41(36)48-42)32-24-29-23-30(26-32)27-33(46)25-29/h5-20,28-30,32-33H,21-27H2,1-4H3. The van der Waals surface area contributed by atoms with Crippen molar-refractivity contribution >= 4 is 27.8 Å². The van der Waals surface area contributed by atoms with E-state index in [1.54, 1.807) is 0 Å². The minimum absolute atomic E-state index is 0.00934. The fourth-order valence-corrected chi connectivity index (χ4v) is 11.7. The van der Waals surface area contributed by atoms with Gasteiger partial charge in [-0.3, -0.25) is 0 Å². The summed E-state index contributed by atoms with van der Waals surface area (Å²) in [7, 11) is 0. The Balaban J connectivity index is 1.25. The van der Waals surface area contributed by atoms with Gasteiger partial charge in [0.05, 0.1) is 11.4 Å². The summed E-state index contributed by atoms with van der Waals surface area (Å²) in [5, 5.41) is 2.56. The second kappa shape index (κ2) is 10.0. The van der Waals surface area contributed by atoms with E-state index < -0.39 is 0 Å². The predicted octanol–water partition coefficient (Wildman–Crippen LogP) is 12.5. The van der Waals surface area contributed by atoms with Crippen LogP contribution in [0, 0.1) is 23.7 Å². The third-order valence-corrected chi connectivity index (χ3v) is 13.7. The lowest BCUT2D eigenvalue weighted by molar-refractivity contribution is -0.0452. The van der Waals surface area contributed by atoms with Gasteiger partial charge in [0.25, 0.3) is 0 Å². The van der Waals surface area contributed by atoms with Crippen LogP contribution in [0.4, 0.5) is 17.1 Å².